The number of carbonyl (C=O) groups is 1. The van der Waals surface area contributed by atoms with Crippen molar-refractivity contribution in [3.8, 4) is 5.75 Å². The highest BCUT2D eigenvalue weighted by molar-refractivity contribution is 7.89. The summed E-state index contributed by atoms with van der Waals surface area (Å²) in [5.41, 5.74) is 0.434. The summed E-state index contributed by atoms with van der Waals surface area (Å²) in [6.45, 7) is 4.55. The lowest BCUT2D eigenvalue weighted by Gasteiger charge is -2.32. The van der Waals surface area contributed by atoms with Gasteiger partial charge in [-0.05, 0) is 50.8 Å². The Morgan fingerprint density at radius 2 is 2.12 bits per heavy atom. The number of anilines is 1. The van der Waals surface area contributed by atoms with E-state index in [0.717, 1.165) is 32.1 Å². The van der Waals surface area contributed by atoms with Crippen molar-refractivity contribution >= 4 is 21.6 Å². The first kappa shape index (κ1) is 18.2. The minimum absolute atomic E-state index is 0.000882. The molecule has 0 saturated carbocycles. The summed E-state index contributed by atoms with van der Waals surface area (Å²) in [6.07, 6.45) is 4.87. The molecule has 1 saturated heterocycles. The Labute approximate surface area is 149 Å². The van der Waals surface area contributed by atoms with Gasteiger partial charge in [0.2, 0.25) is 10.0 Å². The number of fused-ring (bicyclic) bond motifs is 1. The average Bonchev–Trinajstić information content (AvgIpc) is 2.59. The van der Waals surface area contributed by atoms with Gasteiger partial charge < -0.3 is 10.1 Å². The molecule has 2 atom stereocenters. The van der Waals surface area contributed by atoms with Crippen LogP contribution in [0.2, 0.25) is 0 Å². The lowest BCUT2D eigenvalue weighted by atomic mass is 10.1. The van der Waals surface area contributed by atoms with Crippen molar-refractivity contribution in [2.24, 2.45) is 0 Å². The van der Waals surface area contributed by atoms with Crippen LogP contribution in [0.15, 0.2) is 23.1 Å². The van der Waals surface area contributed by atoms with E-state index in [1.54, 1.807) is 16.4 Å². The van der Waals surface area contributed by atoms with E-state index in [2.05, 4.69) is 12.2 Å². The van der Waals surface area contributed by atoms with E-state index < -0.39 is 16.1 Å². The smallest absolute Gasteiger partial charge is 0.265 e. The van der Waals surface area contributed by atoms with Crippen molar-refractivity contribution in [2.45, 2.75) is 69.4 Å². The van der Waals surface area contributed by atoms with Crippen molar-refractivity contribution < 1.29 is 17.9 Å². The van der Waals surface area contributed by atoms with Crippen molar-refractivity contribution in [1.29, 1.82) is 0 Å². The molecule has 0 spiro atoms. The number of amides is 1. The molecule has 1 N–H and O–H groups in total. The van der Waals surface area contributed by atoms with E-state index >= 15 is 0 Å². The molecule has 1 aromatic carbocycles. The number of hydrogen-bond donors (Lipinski definition) is 1. The van der Waals surface area contributed by atoms with Crippen LogP contribution in [0.4, 0.5) is 5.69 Å². The number of ether oxygens (including phenoxy) is 1. The molecule has 0 radical (unpaired) electrons. The maximum atomic E-state index is 12.9. The van der Waals surface area contributed by atoms with Crippen LogP contribution in [0.5, 0.6) is 5.75 Å². The van der Waals surface area contributed by atoms with Crippen molar-refractivity contribution in [3.05, 3.63) is 18.2 Å². The van der Waals surface area contributed by atoms with E-state index in [4.69, 9.17) is 4.74 Å². The molecule has 6 nitrogen and oxygen atoms in total. The van der Waals surface area contributed by atoms with Crippen molar-refractivity contribution in [3.63, 3.8) is 0 Å². The molecule has 1 amide bonds. The quantitative estimate of drug-likeness (QED) is 0.869. The second kappa shape index (κ2) is 7.33. The molecule has 1 aromatic rings. The lowest BCUT2D eigenvalue weighted by molar-refractivity contribution is -0.123. The second-order valence-electron chi connectivity index (χ2n) is 6.86. The van der Waals surface area contributed by atoms with E-state index in [1.165, 1.54) is 6.07 Å². The van der Waals surface area contributed by atoms with Gasteiger partial charge in [0, 0.05) is 12.6 Å². The topological polar surface area (TPSA) is 75.7 Å². The molecule has 2 aliphatic rings. The minimum atomic E-state index is -3.56. The van der Waals surface area contributed by atoms with Crippen LogP contribution in [-0.4, -0.2) is 37.3 Å². The Hall–Kier alpha value is -1.60. The first-order valence-corrected chi connectivity index (χ1v) is 10.5. The molecule has 0 aliphatic carbocycles. The molecule has 0 aromatic heterocycles. The molecule has 25 heavy (non-hydrogen) atoms. The number of unbranched alkanes of at least 4 members (excludes halogenated alkanes) is 1. The molecule has 3 rings (SSSR count). The molecule has 7 heteroatoms. The Morgan fingerprint density at radius 3 is 2.84 bits per heavy atom. The third-order valence-corrected chi connectivity index (χ3v) is 6.95. The van der Waals surface area contributed by atoms with E-state index in [0.29, 0.717) is 24.4 Å². The van der Waals surface area contributed by atoms with Crippen LogP contribution in [0, 0.1) is 0 Å². The second-order valence-corrected chi connectivity index (χ2v) is 8.75. The summed E-state index contributed by atoms with van der Waals surface area (Å²) in [7, 11) is -3.56. The Bertz CT molecular complexity index is 747. The highest BCUT2D eigenvalue weighted by Crippen LogP contribution is 2.34. The standard InChI is InChI=1S/C18H26N2O4S/c1-3-4-8-17-18(21)19-15-12-14(9-10-16(15)24-17)25(22,23)20-11-6-5-7-13(20)2/h9-10,12-13,17H,3-8,11H2,1-2H3,(H,19,21)/t13-,17-/m0/s1. The zero-order chi connectivity index (χ0) is 18.0. The number of sulfonamides is 1. The van der Waals surface area contributed by atoms with Crippen LogP contribution in [-0.2, 0) is 14.8 Å². The van der Waals surface area contributed by atoms with Gasteiger partial charge in [0.05, 0.1) is 10.6 Å². The summed E-state index contributed by atoms with van der Waals surface area (Å²) in [6, 6.07) is 4.73. The summed E-state index contributed by atoms with van der Waals surface area (Å²) in [4.78, 5) is 12.4. The van der Waals surface area contributed by atoms with Crippen LogP contribution in [0.3, 0.4) is 0 Å². The van der Waals surface area contributed by atoms with E-state index in [1.807, 2.05) is 6.92 Å². The Morgan fingerprint density at radius 1 is 1.32 bits per heavy atom. The molecular weight excluding hydrogens is 340 g/mol. The first-order chi connectivity index (χ1) is 11.9. The van der Waals surface area contributed by atoms with Crippen LogP contribution in [0.25, 0.3) is 0 Å². The molecule has 138 valence electrons. The molecule has 2 heterocycles. The minimum Gasteiger partial charge on any atom is -0.478 e. The normalized spacial score (nSPS) is 24.3. The fourth-order valence-electron chi connectivity index (χ4n) is 3.43. The molecule has 0 bridgehead atoms. The third-order valence-electron chi connectivity index (χ3n) is 4.94. The van der Waals surface area contributed by atoms with Gasteiger partial charge in [-0.3, -0.25) is 4.79 Å². The maximum absolute atomic E-state index is 12.9. The highest BCUT2D eigenvalue weighted by Gasteiger charge is 2.33. The number of nitrogens with one attached hydrogen (secondary N) is 1. The first-order valence-electron chi connectivity index (χ1n) is 9.07. The number of carbonyl (C=O) groups excluding carboxylic acids is 1. The van der Waals surface area contributed by atoms with Gasteiger partial charge in [-0.2, -0.15) is 4.31 Å². The summed E-state index contributed by atoms with van der Waals surface area (Å²) in [5, 5.41) is 2.80. The largest absolute Gasteiger partial charge is 0.478 e. The number of piperidine rings is 1. The van der Waals surface area contributed by atoms with Crippen LogP contribution >= 0.6 is 0 Å². The predicted molar refractivity (Wildman–Crippen MR) is 96.2 cm³/mol. The number of hydrogen-bond acceptors (Lipinski definition) is 4. The monoisotopic (exact) mass is 366 g/mol. The highest BCUT2D eigenvalue weighted by atomic mass is 32.2. The predicted octanol–water partition coefficient (Wildman–Crippen LogP) is 3.14. The summed E-state index contributed by atoms with van der Waals surface area (Å²) in [5.74, 6) is 0.327. The zero-order valence-electron chi connectivity index (χ0n) is 14.8. The van der Waals surface area contributed by atoms with Gasteiger partial charge in [-0.25, -0.2) is 8.42 Å². The van der Waals surface area contributed by atoms with E-state index in [-0.39, 0.29) is 16.8 Å². The van der Waals surface area contributed by atoms with Gasteiger partial charge >= 0.3 is 0 Å². The van der Waals surface area contributed by atoms with Gasteiger partial charge in [-0.15, -0.1) is 0 Å². The molecular formula is C18H26N2O4S. The van der Waals surface area contributed by atoms with Gasteiger partial charge in [0.15, 0.2) is 6.10 Å². The summed E-state index contributed by atoms with van der Waals surface area (Å²) < 4.78 is 33.2. The van der Waals surface area contributed by atoms with Crippen molar-refractivity contribution in [2.75, 3.05) is 11.9 Å². The Kier molecular flexibility index (Phi) is 5.34. The van der Waals surface area contributed by atoms with Crippen LogP contribution < -0.4 is 10.1 Å². The van der Waals surface area contributed by atoms with Gasteiger partial charge in [0.25, 0.3) is 5.91 Å². The zero-order valence-corrected chi connectivity index (χ0v) is 15.6. The Balaban J connectivity index is 1.84. The number of nitrogens with zero attached hydrogens (tertiary/aromatic N) is 1. The molecule has 0 unspecified atom stereocenters. The van der Waals surface area contributed by atoms with E-state index in [9.17, 15) is 13.2 Å². The molecule has 1 fully saturated rings. The fourth-order valence-corrected chi connectivity index (χ4v) is 5.16. The third kappa shape index (κ3) is 3.67. The fraction of sp³-hybridized carbons (Fsp3) is 0.611. The SMILES string of the molecule is CCCC[C@@H]1Oc2ccc(S(=O)(=O)N3CCCC[C@@H]3C)cc2NC1=O. The number of benzene rings is 1. The summed E-state index contributed by atoms with van der Waals surface area (Å²) >= 11 is 0. The van der Waals surface area contributed by atoms with Crippen LogP contribution in [0.1, 0.15) is 52.4 Å². The number of rotatable bonds is 5. The lowest BCUT2D eigenvalue weighted by Crippen LogP contribution is -2.42. The van der Waals surface area contributed by atoms with Gasteiger partial charge in [0.1, 0.15) is 5.75 Å². The maximum Gasteiger partial charge on any atom is 0.265 e. The average molecular weight is 366 g/mol. The van der Waals surface area contributed by atoms with Gasteiger partial charge in [-0.1, -0.05) is 19.8 Å². The van der Waals surface area contributed by atoms with Crippen molar-refractivity contribution in [1.82, 2.24) is 4.31 Å². The molecule has 2 aliphatic heterocycles.